The lowest BCUT2D eigenvalue weighted by Crippen LogP contribution is -2.52. The second kappa shape index (κ2) is 10.8. The molecule has 0 saturated carbocycles. The molecule has 1 N–H and O–H groups in total. The summed E-state index contributed by atoms with van der Waals surface area (Å²) in [6.45, 7) is 11.4. The fourth-order valence-corrected chi connectivity index (χ4v) is 4.73. The van der Waals surface area contributed by atoms with E-state index in [-0.39, 0.29) is 0 Å². The number of hydrogen-bond acceptors (Lipinski definition) is 5. The predicted molar refractivity (Wildman–Crippen MR) is 124 cm³/mol. The molecular formula is C24H36N6O. The highest BCUT2D eigenvalue weighted by molar-refractivity contribution is 5.80. The summed E-state index contributed by atoms with van der Waals surface area (Å²) >= 11 is 0. The first-order valence-corrected chi connectivity index (χ1v) is 11.6. The zero-order valence-electron chi connectivity index (χ0n) is 19.0. The van der Waals surface area contributed by atoms with Gasteiger partial charge in [-0.15, -0.1) is 0 Å². The normalized spacial score (nSPS) is 21.4. The molecule has 1 unspecified atom stereocenters. The van der Waals surface area contributed by atoms with Crippen LogP contribution in [-0.4, -0.2) is 72.1 Å². The summed E-state index contributed by atoms with van der Waals surface area (Å²) in [5, 5.41) is 7.64. The predicted octanol–water partition coefficient (Wildman–Crippen LogP) is 2.80. The van der Waals surface area contributed by atoms with Crippen molar-refractivity contribution in [2.45, 2.75) is 39.4 Å². The van der Waals surface area contributed by atoms with Gasteiger partial charge < -0.3 is 14.7 Å². The molecule has 0 bridgehead atoms. The van der Waals surface area contributed by atoms with Crippen molar-refractivity contribution in [3.8, 4) is 0 Å². The number of likely N-dealkylation sites (tertiary alicyclic amines) is 1. The third kappa shape index (κ3) is 6.08. The van der Waals surface area contributed by atoms with Gasteiger partial charge in [0.05, 0.1) is 5.69 Å². The Morgan fingerprint density at radius 1 is 1.06 bits per heavy atom. The molecule has 3 heterocycles. The summed E-state index contributed by atoms with van der Waals surface area (Å²) in [5.41, 5.74) is 3.79. The first-order valence-electron chi connectivity index (χ1n) is 11.6. The number of rotatable bonds is 6. The number of guanidine groups is 1. The number of piperidine rings is 1. The maximum absolute atomic E-state index is 4.95. The van der Waals surface area contributed by atoms with Gasteiger partial charge in [0.15, 0.2) is 5.96 Å². The minimum absolute atomic E-state index is 0.806. The quantitative estimate of drug-likeness (QED) is 0.568. The lowest BCUT2D eigenvalue weighted by molar-refractivity contribution is 0.169. The maximum Gasteiger partial charge on any atom is 0.194 e. The Bertz CT molecular complexity index is 828. The number of nitrogens with zero attached hydrogens (tertiary/aromatic N) is 5. The van der Waals surface area contributed by atoms with Crippen molar-refractivity contribution in [1.82, 2.24) is 25.2 Å². The van der Waals surface area contributed by atoms with E-state index in [2.05, 4.69) is 61.4 Å². The molecule has 168 valence electrons. The Labute approximate surface area is 186 Å². The van der Waals surface area contributed by atoms with E-state index in [0.29, 0.717) is 0 Å². The fourth-order valence-electron chi connectivity index (χ4n) is 4.73. The standard InChI is InChI=1S/C24H36N6O/c1-20-6-5-10-29(17-20)18-22-8-4-3-7-21(22)16-26-24(25-2)30-13-11-28(12-14-30)19-23-9-15-31-27-23/h3-4,7-9,15,20H,5-6,10-14,16-19H2,1-2H3,(H,25,26). The van der Waals surface area contributed by atoms with Crippen LogP contribution in [0.25, 0.3) is 0 Å². The molecule has 1 aromatic heterocycles. The van der Waals surface area contributed by atoms with Gasteiger partial charge in [0.25, 0.3) is 0 Å². The minimum atomic E-state index is 0.806. The van der Waals surface area contributed by atoms with Crippen LogP contribution in [0.5, 0.6) is 0 Å². The largest absolute Gasteiger partial charge is 0.364 e. The van der Waals surface area contributed by atoms with Crippen LogP contribution in [0.3, 0.4) is 0 Å². The van der Waals surface area contributed by atoms with Crippen molar-refractivity contribution < 1.29 is 4.52 Å². The number of piperazine rings is 1. The molecule has 2 saturated heterocycles. The monoisotopic (exact) mass is 424 g/mol. The zero-order chi connectivity index (χ0) is 21.5. The van der Waals surface area contributed by atoms with Crippen molar-refractivity contribution in [3.05, 3.63) is 53.4 Å². The first-order chi connectivity index (χ1) is 15.2. The average molecular weight is 425 g/mol. The van der Waals surface area contributed by atoms with Crippen LogP contribution in [0.1, 0.15) is 36.6 Å². The van der Waals surface area contributed by atoms with Crippen molar-refractivity contribution in [2.24, 2.45) is 10.9 Å². The van der Waals surface area contributed by atoms with Gasteiger partial charge in [0, 0.05) is 65.5 Å². The SMILES string of the molecule is CN=C(NCc1ccccc1CN1CCCC(C)C1)N1CCN(Cc2ccon2)CC1. The second-order valence-corrected chi connectivity index (χ2v) is 8.91. The molecule has 2 aliphatic heterocycles. The Kier molecular flexibility index (Phi) is 7.59. The van der Waals surface area contributed by atoms with Crippen molar-refractivity contribution in [3.63, 3.8) is 0 Å². The lowest BCUT2D eigenvalue weighted by atomic mass is 9.99. The van der Waals surface area contributed by atoms with Gasteiger partial charge >= 0.3 is 0 Å². The van der Waals surface area contributed by atoms with Crippen molar-refractivity contribution in [2.75, 3.05) is 46.3 Å². The van der Waals surface area contributed by atoms with Gasteiger partial charge in [-0.2, -0.15) is 0 Å². The number of aliphatic imine (C=N–C) groups is 1. The Hall–Kier alpha value is -2.38. The van der Waals surface area contributed by atoms with Gasteiger partial charge in [0.2, 0.25) is 0 Å². The molecule has 1 atom stereocenters. The van der Waals surface area contributed by atoms with Crippen LogP contribution in [0.4, 0.5) is 0 Å². The molecule has 0 spiro atoms. The van der Waals surface area contributed by atoms with Gasteiger partial charge in [-0.3, -0.25) is 14.8 Å². The Morgan fingerprint density at radius 2 is 1.87 bits per heavy atom. The number of aromatic nitrogens is 1. The molecule has 2 fully saturated rings. The van der Waals surface area contributed by atoms with E-state index in [1.54, 1.807) is 6.26 Å². The summed E-state index contributed by atoms with van der Waals surface area (Å²) in [4.78, 5) is 11.9. The van der Waals surface area contributed by atoms with Crippen LogP contribution < -0.4 is 5.32 Å². The molecule has 2 aromatic rings. The maximum atomic E-state index is 4.95. The van der Waals surface area contributed by atoms with Crippen molar-refractivity contribution in [1.29, 1.82) is 0 Å². The molecule has 31 heavy (non-hydrogen) atoms. The smallest absolute Gasteiger partial charge is 0.194 e. The Balaban J connectivity index is 1.29. The van der Waals surface area contributed by atoms with E-state index in [9.17, 15) is 0 Å². The molecule has 7 nitrogen and oxygen atoms in total. The first kappa shape index (κ1) is 21.8. The van der Waals surface area contributed by atoms with Gasteiger partial charge in [-0.25, -0.2) is 0 Å². The third-order valence-electron chi connectivity index (χ3n) is 6.45. The van der Waals surface area contributed by atoms with E-state index in [0.717, 1.165) is 63.4 Å². The second-order valence-electron chi connectivity index (χ2n) is 8.91. The van der Waals surface area contributed by atoms with E-state index >= 15 is 0 Å². The number of hydrogen-bond donors (Lipinski definition) is 1. The Morgan fingerprint density at radius 3 is 2.58 bits per heavy atom. The summed E-state index contributed by atoms with van der Waals surface area (Å²) in [7, 11) is 1.88. The number of nitrogens with one attached hydrogen (secondary N) is 1. The van der Waals surface area contributed by atoms with Gasteiger partial charge in [-0.1, -0.05) is 36.3 Å². The molecule has 2 aliphatic rings. The van der Waals surface area contributed by atoms with E-state index in [1.807, 2.05) is 13.1 Å². The van der Waals surface area contributed by atoms with E-state index in [1.165, 1.54) is 37.1 Å². The lowest BCUT2D eigenvalue weighted by Gasteiger charge is -2.36. The minimum Gasteiger partial charge on any atom is -0.364 e. The van der Waals surface area contributed by atoms with Crippen LogP contribution >= 0.6 is 0 Å². The summed E-state index contributed by atoms with van der Waals surface area (Å²) < 4.78 is 4.95. The average Bonchev–Trinajstić information content (AvgIpc) is 3.29. The van der Waals surface area contributed by atoms with Gasteiger partial charge in [0.1, 0.15) is 6.26 Å². The van der Waals surface area contributed by atoms with E-state index < -0.39 is 0 Å². The van der Waals surface area contributed by atoms with E-state index in [4.69, 9.17) is 4.52 Å². The molecule has 0 radical (unpaired) electrons. The zero-order valence-corrected chi connectivity index (χ0v) is 19.0. The molecular weight excluding hydrogens is 388 g/mol. The fraction of sp³-hybridized carbons (Fsp3) is 0.583. The highest BCUT2D eigenvalue weighted by atomic mass is 16.5. The number of benzene rings is 1. The van der Waals surface area contributed by atoms with Crippen LogP contribution in [0.15, 0.2) is 46.1 Å². The van der Waals surface area contributed by atoms with Crippen LogP contribution in [0, 0.1) is 5.92 Å². The topological polar surface area (TPSA) is 60.1 Å². The van der Waals surface area contributed by atoms with Crippen LogP contribution in [-0.2, 0) is 19.6 Å². The molecule has 0 amide bonds. The highest BCUT2D eigenvalue weighted by Gasteiger charge is 2.21. The summed E-state index contributed by atoms with van der Waals surface area (Å²) in [6, 6.07) is 10.8. The van der Waals surface area contributed by atoms with Crippen molar-refractivity contribution >= 4 is 5.96 Å². The molecule has 1 aromatic carbocycles. The summed E-state index contributed by atoms with van der Waals surface area (Å²) in [6.07, 6.45) is 4.32. The molecule has 4 rings (SSSR count). The molecule has 0 aliphatic carbocycles. The van der Waals surface area contributed by atoms with Crippen LogP contribution in [0.2, 0.25) is 0 Å². The highest BCUT2D eigenvalue weighted by Crippen LogP contribution is 2.19. The summed E-state index contributed by atoms with van der Waals surface area (Å²) in [5.74, 6) is 1.79. The third-order valence-corrected chi connectivity index (χ3v) is 6.45. The van der Waals surface area contributed by atoms with Gasteiger partial charge in [-0.05, 0) is 36.4 Å². The molecule has 7 heteroatoms.